The molecule has 2 fully saturated rings. The Morgan fingerprint density at radius 3 is 2.56 bits per heavy atom. The first-order chi connectivity index (χ1) is 15.2. The molecule has 32 heavy (non-hydrogen) atoms. The third-order valence-corrected chi connectivity index (χ3v) is 5.98. The molecule has 1 aromatic carbocycles. The van der Waals surface area contributed by atoms with Crippen LogP contribution in [0.4, 0.5) is 0 Å². The predicted molar refractivity (Wildman–Crippen MR) is 139 cm³/mol. The summed E-state index contributed by atoms with van der Waals surface area (Å²) in [6.07, 6.45) is 7.14. The van der Waals surface area contributed by atoms with Crippen molar-refractivity contribution < 1.29 is 18.9 Å². The van der Waals surface area contributed by atoms with E-state index in [1.54, 1.807) is 14.2 Å². The number of ether oxygens (including phenoxy) is 4. The van der Waals surface area contributed by atoms with Crippen molar-refractivity contribution in [2.24, 2.45) is 4.99 Å². The summed E-state index contributed by atoms with van der Waals surface area (Å²) >= 11 is 0. The summed E-state index contributed by atoms with van der Waals surface area (Å²) in [7, 11) is 3.32. The minimum absolute atomic E-state index is 0. The summed E-state index contributed by atoms with van der Waals surface area (Å²) in [5.74, 6) is 2.51. The summed E-state index contributed by atoms with van der Waals surface area (Å²) < 4.78 is 22.7. The Bertz CT molecular complexity index is 690. The van der Waals surface area contributed by atoms with Crippen LogP contribution >= 0.6 is 24.0 Å². The Morgan fingerprint density at radius 2 is 1.91 bits per heavy atom. The second kappa shape index (κ2) is 14.8. The molecule has 1 atom stereocenters. The number of halogens is 1. The number of rotatable bonds is 9. The summed E-state index contributed by atoms with van der Waals surface area (Å²) in [6, 6.07) is 6.05. The van der Waals surface area contributed by atoms with Crippen LogP contribution in [0, 0.1) is 0 Å². The van der Waals surface area contributed by atoms with E-state index in [0.29, 0.717) is 12.2 Å². The Hall–Kier alpha value is -1.26. The molecule has 0 bridgehead atoms. The number of hydrogen-bond acceptors (Lipinski definition) is 5. The first kappa shape index (κ1) is 27.0. The molecule has 3 rings (SSSR count). The number of likely N-dealkylation sites (tertiary alicyclic amines) is 1. The van der Waals surface area contributed by atoms with Crippen molar-refractivity contribution >= 4 is 29.9 Å². The summed E-state index contributed by atoms with van der Waals surface area (Å²) in [4.78, 5) is 7.23. The third kappa shape index (κ3) is 8.26. The smallest absolute Gasteiger partial charge is 0.193 e. The van der Waals surface area contributed by atoms with Crippen LogP contribution in [0.3, 0.4) is 0 Å². The highest BCUT2D eigenvalue weighted by Crippen LogP contribution is 2.27. The van der Waals surface area contributed by atoms with Gasteiger partial charge in [0.2, 0.25) is 0 Å². The molecule has 7 nitrogen and oxygen atoms in total. The highest BCUT2D eigenvalue weighted by Gasteiger charge is 2.23. The van der Waals surface area contributed by atoms with Crippen LogP contribution < -0.4 is 14.8 Å². The van der Waals surface area contributed by atoms with E-state index in [9.17, 15) is 0 Å². The topological polar surface area (TPSA) is 64.6 Å². The molecule has 0 saturated carbocycles. The number of benzene rings is 1. The Kier molecular flexibility index (Phi) is 12.5. The van der Waals surface area contributed by atoms with Gasteiger partial charge in [-0.25, -0.2) is 0 Å². The maximum Gasteiger partial charge on any atom is 0.193 e. The molecule has 2 heterocycles. The fourth-order valence-electron chi connectivity index (χ4n) is 4.17. The minimum atomic E-state index is 0. The lowest BCUT2D eigenvalue weighted by atomic mass is 10.1. The molecule has 1 N–H and O–H groups in total. The largest absolute Gasteiger partial charge is 0.493 e. The average molecular weight is 562 g/mol. The second-order valence-electron chi connectivity index (χ2n) is 8.18. The van der Waals surface area contributed by atoms with Gasteiger partial charge >= 0.3 is 0 Å². The first-order valence-corrected chi connectivity index (χ1v) is 11.7. The summed E-state index contributed by atoms with van der Waals surface area (Å²) in [5.41, 5.74) is 1.19. The standard InChI is InChI=1S/C24H39N3O4.HI/c1-4-25-24(26-13-10-19-8-9-22(28-2)23(17-19)29-3)27-14-11-20(12-15-27)31-18-21-7-5-6-16-30-21;/h8-9,17,20-21H,4-7,10-16,18H2,1-3H3,(H,25,26);1H. The molecule has 1 aromatic rings. The van der Waals surface area contributed by atoms with Gasteiger partial charge in [0.05, 0.1) is 33.0 Å². The van der Waals surface area contributed by atoms with Gasteiger partial charge in [-0.05, 0) is 63.1 Å². The second-order valence-corrected chi connectivity index (χ2v) is 8.18. The normalized spacial score (nSPS) is 19.9. The third-order valence-electron chi connectivity index (χ3n) is 5.98. The van der Waals surface area contributed by atoms with E-state index in [2.05, 4.69) is 23.2 Å². The van der Waals surface area contributed by atoms with Gasteiger partial charge in [-0.2, -0.15) is 0 Å². The molecule has 0 spiro atoms. The van der Waals surface area contributed by atoms with E-state index < -0.39 is 0 Å². The quantitative estimate of drug-likeness (QED) is 0.281. The number of methoxy groups -OCH3 is 2. The number of nitrogens with zero attached hydrogens (tertiary/aromatic N) is 2. The average Bonchev–Trinajstić information content (AvgIpc) is 2.83. The van der Waals surface area contributed by atoms with E-state index >= 15 is 0 Å². The Morgan fingerprint density at radius 1 is 1.12 bits per heavy atom. The predicted octanol–water partition coefficient (Wildman–Crippen LogP) is 3.88. The highest BCUT2D eigenvalue weighted by molar-refractivity contribution is 14.0. The van der Waals surface area contributed by atoms with Crippen molar-refractivity contribution in [3.63, 3.8) is 0 Å². The molecule has 2 aliphatic heterocycles. The van der Waals surface area contributed by atoms with E-state index in [1.165, 1.54) is 18.4 Å². The number of guanidine groups is 1. The number of aliphatic imine (C=N–C) groups is 1. The molecule has 2 aliphatic rings. The first-order valence-electron chi connectivity index (χ1n) is 11.7. The molecule has 1 unspecified atom stereocenters. The SMILES string of the molecule is CCNC(=NCCc1ccc(OC)c(OC)c1)N1CCC(OCC2CCCCO2)CC1.I. The van der Waals surface area contributed by atoms with E-state index in [4.69, 9.17) is 23.9 Å². The van der Waals surface area contributed by atoms with Crippen molar-refractivity contribution in [3.8, 4) is 11.5 Å². The van der Waals surface area contributed by atoms with Gasteiger partial charge < -0.3 is 29.2 Å². The van der Waals surface area contributed by atoms with Gasteiger partial charge in [0.15, 0.2) is 17.5 Å². The molecule has 182 valence electrons. The van der Waals surface area contributed by atoms with E-state index in [1.807, 2.05) is 12.1 Å². The fourth-order valence-corrected chi connectivity index (χ4v) is 4.17. The van der Waals surface area contributed by atoms with Crippen LogP contribution in [0.2, 0.25) is 0 Å². The molecule has 0 aliphatic carbocycles. The molecule has 0 amide bonds. The summed E-state index contributed by atoms with van der Waals surface area (Å²) in [6.45, 7) is 7.28. The maximum absolute atomic E-state index is 6.16. The van der Waals surface area contributed by atoms with Gasteiger partial charge in [-0.1, -0.05) is 6.07 Å². The lowest BCUT2D eigenvalue weighted by Crippen LogP contribution is -2.47. The number of hydrogen-bond donors (Lipinski definition) is 1. The molecular formula is C24H40IN3O4. The lowest BCUT2D eigenvalue weighted by molar-refractivity contribution is -0.0721. The molecule has 0 aromatic heterocycles. The van der Waals surface area contributed by atoms with Crippen LogP contribution in [0.25, 0.3) is 0 Å². The van der Waals surface area contributed by atoms with Crippen LogP contribution in [0.1, 0.15) is 44.6 Å². The monoisotopic (exact) mass is 561 g/mol. The van der Waals surface area contributed by atoms with Gasteiger partial charge in [0.25, 0.3) is 0 Å². The Labute approximate surface area is 210 Å². The van der Waals surface area contributed by atoms with Crippen molar-refractivity contribution in [3.05, 3.63) is 23.8 Å². The van der Waals surface area contributed by atoms with E-state index in [0.717, 1.165) is 82.5 Å². The molecule has 2 saturated heterocycles. The minimum Gasteiger partial charge on any atom is -0.493 e. The van der Waals surface area contributed by atoms with Crippen LogP contribution in [0.5, 0.6) is 11.5 Å². The van der Waals surface area contributed by atoms with Crippen LogP contribution in [-0.2, 0) is 15.9 Å². The van der Waals surface area contributed by atoms with Gasteiger partial charge in [0.1, 0.15) is 0 Å². The Balaban J connectivity index is 0.00000363. The van der Waals surface area contributed by atoms with Crippen molar-refractivity contribution in [2.75, 3.05) is 53.6 Å². The van der Waals surface area contributed by atoms with Crippen molar-refractivity contribution in [2.45, 2.75) is 57.7 Å². The lowest BCUT2D eigenvalue weighted by Gasteiger charge is -2.35. The van der Waals surface area contributed by atoms with Gasteiger partial charge in [-0.3, -0.25) is 4.99 Å². The van der Waals surface area contributed by atoms with Crippen LogP contribution in [-0.4, -0.2) is 76.7 Å². The molecule has 0 radical (unpaired) electrons. The number of piperidine rings is 1. The molecule has 8 heteroatoms. The highest BCUT2D eigenvalue weighted by atomic mass is 127. The van der Waals surface area contributed by atoms with Crippen molar-refractivity contribution in [1.82, 2.24) is 10.2 Å². The zero-order chi connectivity index (χ0) is 21.9. The zero-order valence-corrected chi connectivity index (χ0v) is 22.1. The molecular weight excluding hydrogens is 521 g/mol. The van der Waals surface area contributed by atoms with E-state index in [-0.39, 0.29) is 24.0 Å². The number of nitrogens with one attached hydrogen (secondary N) is 1. The zero-order valence-electron chi connectivity index (χ0n) is 19.8. The maximum atomic E-state index is 6.16. The van der Waals surface area contributed by atoms with Crippen LogP contribution in [0.15, 0.2) is 23.2 Å². The van der Waals surface area contributed by atoms with Gasteiger partial charge in [0, 0.05) is 32.8 Å². The fraction of sp³-hybridized carbons (Fsp3) is 0.708. The van der Waals surface area contributed by atoms with Crippen molar-refractivity contribution in [1.29, 1.82) is 0 Å². The van der Waals surface area contributed by atoms with Gasteiger partial charge in [-0.15, -0.1) is 24.0 Å². The summed E-state index contributed by atoms with van der Waals surface area (Å²) in [5, 5.41) is 3.45.